The normalized spacial score (nSPS) is 17.6. The smallest absolute Gasteiger partial charge is 0.322 e. The summed E-state index contributed by atoms with van der Waals surface area (Å²) < 4.78 is 0. The zero-order valence-electron chi connectivity index (χ0n) is 13.6. The van der Waals surface area contributed by atoms with Crippen LogP contribution in [0.4, 0.5) is 10.5 Å². The third-order valence-electron chi connectivity index (χ3n) is 3.80. The van der Waals surface area contributed by atoms with Gasteiger partial charge in [0.1, 0.15) is 6.04 Å². The third kappa shape index (κ3) is 4.23. The molecule has 2 rings (SSSR count). The number of nitrogens with zero attached hydrogens (tertiary/aromatic N) is 1. The Kier molecular flexibility index (Phi) is 5.41. The second kappa shape index (κ2) is 7.29. The van der Waals surface area contributed by atoms with E-state index in [0.717, 1.165) is 24.1 Å². The number of carbonyl (C=O) groups excluding carboxylic acids is 2. The molecule has 22 heavy (non-hydrogen) atoms. The maximum atomic E-state index is 12.4. The van der Waals surface area contributed by atoms with Crippen LogP contribution >= 0.6 is 0 Å². The van der Waals surface area contributed by atoms with Crippen LogP contribution in [0.1, 0.15) is 32.3 Å². The maximum absolute atomic E-state index is 12.4. The summed E-state index contributed by atoms with van der Waals surface area (Å²) in [7, 11) is 0. The molecule has 1 fully saturated rings. The van der Waals surface area contributed by atoms with Gasteiger partial charge >= 0.3 is 6.03 Å². The van der Waals surface area contributed by atoms with Crippen molar-refractivity contribution in [1.29, 1.82) is 0 Å². The van der Waals surface area contributed by atoms with Gasteiger partial charge in [-0.15, -0.1) is 0 Å². The largest absolute Gasteiger partial charge is 0.354 e. The summed E-state index contributed by atoms with van der Waals surface area (Å²) in [6, 6.07) is 7.09. The average Bonchev–Trinajstić information content (AvgIpc) is 2.96. The van der Waals surface area contributed by atoms with Crippen molar-refractivity contribution in [3.05, 3.63) is 29.8 Å². The van der Waals surface area contributed by atoms with Crippen LogP contribution in [0.25, 0.3) is 0 Å². The van der Waals surface area contributed by atoms with Crippen LogP contribution in [0, 0.1) is 12.8 Å². The van der Waals surface area contributed by atoms with Crippen LogP contribution in [0.2, 0.25) is 0 Å². The van der Waals surface area contributed by atoms with Crippen molar-refractivity contribution >= 4 is 17.6 Å². The molecule has 2 N–H and O–H groups in total. The molecule has 0 aromatic heterocycles. The Hall–Kier alpha value is -2.04. The molecule has 120 valence electrons. The van der Waals surface area contributed by atoms with Crippen molar-refractivity contribution in [3.8, 4) is 0 Å². The van der Waals surface area contributed by atoms with Gasteiger partial charge in [-0.1, -0.05) is 31.5 Å². The second-order valence-electron chi connectivity index (χ2n) is 6.29. The number of urea groups is 1. The minimum Gasteiger partial charge on any atom is -0.354 e. The minimum atomic E-state index is -0.357. The molecule has 1 aliphatic heterocycles. The third-order valence-corrected chi connectivity index (χ3v) is 3.80. The van der Waals surface area contributed by atoms with Gasteiger partial charge < -0.3 is 15.5 Å². The lowest BCUT2D eigenvalue weighted by Crippen LogP contribution is -2.48. The first kappa shape index (κ1) is 16.3. The fourth-order valence-corrected chi connectivity index (χ4v) is 2.54. The number of likely N-dealkylation sites (tertiary alicyclic amines) is 1. The van der Waals surface area contributed by atoms with E-state index >= 15 is 0 Å². The Balaban J connectivity index is 1.95. The Bertz CT molecular complexity index is 525. The highest BCUT2D eigenvalue weighted by Gasteiger charge is 2.34. The number of hydrogen-bond acceptors (Lipinski definition) is 2. The van der Waals surface area contributed by atoms with E-state index < -0.39 is 0 Å². The summed E-state index contributed by atoms with van der Waals surface area (Å²) in [4.78, 5) is 26.3. The molecule has 1 heterocycles. The van der Waals surface area contributed by atoms with Gasteiger partial charge in [0.15, 0.2) is 0 Å². The molecule has 1 unspecified atom stereocenters. The Morgan fingerprint density at radius 3 is 2.59 bits per heavy atom. The molecule has 0 radical (unpaired) electrons. The van der Waals surface area contributed by atoms with Crippen LogP contribution in [-0.2, 0) is 4.79 Å². The number of benzene rings is 1. The van der Waals surface area contributed by atoms with E-state index in [9.17, 15) is 9.59 Å². The number of aryl methyl sites for hydroxylation is 1. The molecule has 1 aliphatic rings. The van der Waals surface area contributed by atoms with Gasteiger partial charge in [-0.3, -0.25) is 4.79 Å². The SMILES string of the molecule is Cc1ccc(NC(=O)N2CCCC2C(=O)NCC(C)C)cc1. The number of hydrogen-bond donors (Lipinski definition) is 2. The van der Waals surface area contributed by atoms with Crippen LogP contribution in [-0.4, -0.2) is 36.0 Å². The summed E-state index contributed by atoms with van der Waals surface area (Å²) in [5.74, 6) is 0.352. The van der Waals surface area contributed by atoms with E-state index in [1.165, 1.54) is 0 Å². The predicted molar refractivity (Wildman–Crippen MR) is 87.8 cm³/mol. The van der Waals surface area contributed by atoms with Crippen LogP contribution in [0.15, 0.2) is 24.3 Å². The van der Waals surface area contributed by atoms with Gasteiger partial charge in [-0.05, 0) is 37.8 Å². The van der Waals surface area contributed by atoms with Crippen molar-refractivity contribution < 1.29 is 9.59 Å². The molecule has 5 nitrogen and oxygen atoms in total. The van der Waals surface area contributed by atoms with Crippen molar-refractivity contribution in [2.24, 2.45) is 5.92 Å². The van der Waals surface area contributed by atoms with Crippen LogP contribution in [0.5, 0.6) is 0 Å². The molecule has 1 atom stereocenters. The first-order valence-corrected chi connectivity index (χ1v) is 7.89. The molecule has 3 amide bonds. The molecular formula is C17H25N3O2. The van der Waals surface area contributed by atoms with Gasteiger partial charge in [0, 0.05) is 18.8 Å². The molecule has 1 saturated heterocycles. The van der Waals surface area contributed by atoms with Gasteiger partial charge in [0.2, 0.25) is 5.91 Å². The van der Waals surface area contributed by atoms with E-state index in [0.29, 0.717) is 19.0 Å². The van der Waals surface area contributed by atoms with E-state index in [-0.39, 0.29) is 18.0 Å². The monoisotopic (exact) mass is 303 g/mol. The lowest BCUT2D eigenvalue weighted by atomic mass is 10.2. The Morgan fingerprint density at radius 2 is 1.95 bits per heavy atom. The zero-order chi connectivity index (χ0) is 16.1. The number of carbonyl (C=O) groups is 2. The first-order valence-electron chi connectivity index (χ1n) is 7.89. The average molecular weight is 303 g/mol. The predicted octanol–water partition coefficient (Wildman–Crippen LogP) is 2.76. The molecule has 0 spiro atoms. The summed E-state index contributed by atoms with van der Waals surface area (Å²) in [6.07, 6.45) is 1.59. The molecule has 0 saturated carbocycles. The summed E-state index contributed by atoms with van der Waals surface area (Å²) in [5.41, 5.74) is 1.90. The van der Waals surface area contributed by atoms with E-state index in [2.05, 4.69) is 24.5 Å². The lowest BCUT2D eigenvalue weighted by molar-refractivity contribution is -0.124. The Morgan fingerprint density at radius 1 is 1.27 bits per heavy atom. The number of anilines is 1. The summed E-state index contributed by atoms with van der Waals surface area (Å²) in [6.45, 7) is 7.37. The second-order valence-corrected chi connectivity index (χ2v) is 6.29. The van der Waals surface area contributed by atoms with Gasteiger partial charge in [0.05, 0.1) is 0 Å². The number of rotatable bonds is 4. The van der Waals surface area contributed by atoms with Crippen LogP contribution < -0.4 is 10.6 Å². The highest BCUT2D eigenvalue weighted by atomic mass is 16.2. The highest BCUT2D eigenvalue weighted by molar-refractivity contribution is 5.94. The quantitative estimate of drug-likeness (QED) is 0.898. The standard InChI is InChI=1S/C17H25N3O2/c1-12(2)11-18-16(21)15-5-4-10-20(15)17(22)19-14-8-6-13(3)7-9-14/h6-9,12,15H,4-5,10-11H2,1-3H3,(H,18,21)(H,19,22). The molecule has 1 aromatic rings. The topological polar surface area (TPSA) is 61.4 Å². The van der Waals surface area contributed by atoms with E-state index in [4.69, 9.17) is 0 Å². The molecule has 1 aromatic carbocycles. The van der Waals surface area contributed by atoms with Crippen molar-refractivity contribution in [1.82, 2.24) is 10.2 Å². The minimum absolute atomic E-state index is 0.0507. The summed E-state index contributed by atoms with van der Waals surface area (Å²) >= 11 is 0. The molecular weight excluding hydrogens is 278 g/mol. The van der Waals surface area contributed by atoms with Crippen LogP contribution in [0.3, 0.4) is 0 Å². The van der Waals surface area contributed by atoms with Gasteiger partial charge in [0.25, 0.3) is 0 Å². The zero-order valence-corrected chi connectivity index (χ0v) is 13.6. The molecule has 5 heteroatoms. The van der Waals surface area contributed by atoms with E-state index in [1.54, 1.807) is 4.90 Å². The van der Waals surface area contributed by atoms with Gasteiger partial charge in [-0.2, -0.15) is 0 Å². The van der Waals surface area contributed by atoms with Crippen molar-refractivity contribution in [3.63, 3.8) is 0 Å². The van der Waals surface area contributed by atoms with Gasteiger partial charge in [-0.25, -0.2) is 4.79 Å². The number of amides is 3. The lowest BCUT2D eigenvalue weighted by Gasteiger charge is -2.24. The van der Waals surface area contributed by atoms with Crippen molar-refractivity contribution in [2.75, 3.05) is 18.4 Å². The maximum Gasteiger partial charge on any atom is 0.322 e. The fraction of sp³-hybridized carbons (Fsp3) is 0.529. The Labute approximate surface area is 132 Å². The number of nitrogens with one attached hydrogen (secondary N) is 2. The highest BCUT2D eigenvalue weighted by Crippen LogP contribution is 2.19. The molecule has 0 aliphatic carbocycles. The fourth-order valence-electron chi connectivity index (χ4n) is 2.54. The van der Waals surface area contributed by atoms with E-state index in [1.807, 2.05) is 31.2 Å². The molecule has 0 bridgehead atoms. The summed E-state index contributed by atoms with van der Waals surface area (Å²) in [5, 5.41) is 5.79. The first-order chi connectivity index (χ1) is 10.5. The van der Waals surface area contributed by atoms with Crippen molar-refractivity contribution in [2.45, 2.75) is 39.7 Å².